The van der Waals surface area contributed by atoms with Crippen LogP contribution >= 0.6 is 0 Å². The molecule has 0 aromatic carbocycles. The zero-order chi connectivity index (χ0) is 11.1. The lowest BCUT2D eigenvalue weighted by Gasteiger charge is -2.00. The summed E-state index contributed by atoms with van der Waals surface area (Å²) < 4.78 is 12.5. The van der Waals surface area contributed by atoms with Gasteiger partial charge in [0.25, 0.3) is 0 Å². The standard InChI is InChI=1S/C12H14FN/c1-5-6-7-9(2)10(3)8-12(14)11(4)13/h5-8H,1-4,14H2/b7-6-,12-8+. The molecule has 1 nitrogen and oxygen atoms in total. The van der Waals surface area contributed by atoms with Crippen LogP contribution in [0.5, 0.6) is 0 Å². The van der Waals surface area contributed by atoms with Crippen molar-refractivity contribution in [2.24, 2.45) is 5.73 Å². The molecule has 0 amide bonds. The Hall–Kier alpha value is -1.83. The minimum atomic E-state index is -0.674. The quantitative estimate of drug-likeness (QED) is 0.664. The molecule has 0 spiro atoms. The third-order valence-electron chi connectivity index (χ3n) is 1.49. The molecule has 0 saturated heterocycles. The summed E-state index contributed by atoms with van der Waals surface area (Å²) in [6.45, 7) is 14.0. The molecular weight excluding hydrogens is 177 g/mol. The van der Waals surface area contributed by atoms with Gasteiger partial charge in [0.05, 0.1) is 5.70 Å². The molecule has 0 radical (unpaired) electrons. The summed E-state index contributed by atoms with van der Waals surface area (Å²) in [6.07, 6.45) is 6.42. The van der Waals surface area contributed by atoms with Crippen molar-refractivity contribution in [3.63, 3.8) is 0 Å². The van der Waals surface area contributed by atoms with Gasteiger partial charge in [-0.2, -0.15) is 0 Å². The second-order valence-corrected chi connectivity index (χ2v) is 2.65. The average molecular weight is 191 g/mol. The van der Waals surface area contributed by atoms with Crippen molar-refractivity contribution in [1.29, 1.82) is 0 Å². The Morgan fingerprint density at radius 2 is 1.71 bits per heavy atom. The van der Waals surface area contributed by atoms with E-state index >= 15 is 0 Å². The second-order valence-electron chi connectivity index (χ2n) is 2.65. The van der Waals surface area contributed by atoms with Gasteiger partial charge in [0.2, 0.25) is 0 Å². The fourth-order valence-corrected chi connectivity index (χ4v) is 0.650. The summed E-state index contributed by atoms with van der Waals surface area (Å²) >= 11 is 0. The van der Waals surface area contributed by atoms with E-state index in [2.05, 4.69) is 26.3 Å². The van der Waals surface area contributed by atoms with Gasteiger partial charge in [-0.15, -0.1) is 0 Å². The molecule has 0 atom stereocenters. The van der Waals surface area contributed by atoms with Crippen LogP contribution in [-0.2, 0) is 0 Å². The highest BCUT2D eigenvalue weighted by Crippen LogP contribution is 2.12. The zero-order valence-corrected chi connectivity index (χ0v) is 8.09. The van der Waals surface area contributed by atoms with Crippen molar-refractivity contribution in [3.8, 4) is 0 Å². The molecule has 14 heavy (non-hydrogen) atoms. The maximum Gasteiger partial charge on any atom is 0.138 e. The van der Waals surface area contributed by atoms with Gasteiger partial charge in [0.1, 0.15) is 5.83 Å². The lowest BCUT2D eigenvalue weighted by atomic mass is 10.1. The monoisotopic (exact) mass is 191 g/mol. The van der Waals surface area contributed by atoms with Crippen LogP contribution in [-0.4, -0.2) is 0 Å². The van der Waals surface area contributed by atoms with Crippen LogP contribution in [0.25, 0.3) is 0 Å². The molecule has 74 valence electrons. The second kappa shape index (κ2) is 5.75. The van der Waals surface area contributed by atoms with Gasteiger partial charge in [-0.25, -0.2) is 4.39 Å². The third-order valence-corrected chi connectivity index (χ3v) is 1.49. The number of hydrogen-bond acceptors (Lipinski definition) is 1. The molecule has 0 fully saturated rings. The SMILES string of the molecule is C=C/C=C\C(=C)C(=C)/C=C(/N)C(=C)F. The van der Waals surface area contributed by atoms with Gasteiger partial charge in [0, 0.05) is 0 Å². The number of rotatable bonds is 5. The topological polar surface area (TPSA) is 26.0 Å². The minimum absolute atomic E-state index is 0.0387. The number of hydrogen-bond donors (Lipinski definition) is 1. The van der Waals surface area contributed by atoms with E-state index in [0.717, 1.165) is 0 Å². The molecule has 0 aromatic rings. The number of allylic oxidation sites excluding steroid dienone is 7. The van der Waals surface area contributed by atoms with Gasteiger partial charge in [-0.1, -0.05) is 44.5 Å². The molecule has 0 heterocycles. The van der Waals surface area contributed by atoms with E-state index in [9.17, 15) is 4.39 Å². The van der Waals surface area contributed by atoms with E-state index in [0.29, 0.717) is 11.1 Å². The van der Waals surface area contributed by atoms with E-state index in [1.165, 1.54) is 6.08 Å². The molecule has 0 rings (SSSR count). The van der Waals surface area contributed by atoms with Crippen molar-refractivity contribution in [2.45, 2.75) is 0 Å². The Morgan fingerprint density at radius 1 is 1.14 bits per heavy atom. The van der Waals surface area contributed by atoms with Crippen LogP contribution in [0, 0.1) is 0 Å². The summed E-state index contributed by atoms with van der Waals surface area (Å²) in [5.41, 5.74) is 6.47. The number of halogens is 1. The van der Waals surface area contributed by atoms with E-state index in [-0.39, 0.29) is 5.70 Å². The highest BCUT2D eigenvalue weighted by Gasteiger charge is 1.97. The lowest BCUT2D eigenvalue weighted by molar-refractivity contribution is 0.653. The largest absolute Gasteiger partial charge is 0.396 e. The minimum Gasteiger partial charge on any atom is -0.396 e. The molecule has 0 bridgehead atoms. The number of nitrogens with two attached hydrogens (primary N) is 1. The fourth-order valence-electron chi connectivity index (χ4n) is 0.650. The van der Waals surface area contributed by atoms with Crippen LogP contribution in [0.3, 0.4) is 0 Å². The summed E-state index contributed by atoms with van der Waals surface area (Å²) in [7, 11) is 0. The normalized spacial score (nSPS) is 11.4. The van der Waals surface area contributed by atoms with Crippen molar-refractivity contribution in [1.82, 2.24) is 0 Å². The molecule has 0 unspecified atom stereocenters. The Kier molecular flexibility index (Phi) is 5.00. The molecule has 0 aliphatic carbocycles. The summed E-state index contributed by atoms with van der Waals surface area (Å²) in [4.78, 5) is 0. The molecule has 0 aromatic heterocycles. The first kappa shape index (κ1) is 12.2. The van der Waals surface area contributed by atoms with Crippen LogP contribution in [0.2, 0.25) is 0 Å². The maximum atomic E-state index is 12.5. The van der Waals surface area contributed by atoms with E-state index in [1.807, 2.05) is 0 Å². The highest BCUT2D eigenvalue weighted by molar-refractivity contribution is 5.46. The predicted octanol–water partition coefficient (Wildman–Crippen LogP) is 3.17. The smallest absolute Gasteiger partial charge is 0.138 e. The van der Waals surface area contributed by atoms with Crippen LogP contribution < -0.4 is 5.73 Å². The van der Waals surface area contributed by atoms with Gasteiger partial charge >= 0.3 is 0 Å². The lowest BCUT2D eigenvalue weighted by Crippen LogP contribution is -1.97. The predicted molar refractivity (Wildman–Crippen MR) is 60.1 cm³/mol. The van der Waals surface area contributed by atoms with Crippen molar-refractivity contribution in [2.75, 3.05) is 0 Å². The van der Waals surface area contributed by atoms with Gasteiger partial charge < -0.3 is 5.73 Å². The fraction of sp³-hybridized carbons (Fsp3) is 0. The molecule has 0 aliphatic heterocycles. The zero-order valence-electron chi connectivity index (χ0n) is 8.09. The van der Waals surface area contributed by atoms with Gasteiger partial charge in [0.15, 0.2) is 0 Å². The molecule has 0 aliphatic rings. The van der Waals surface area contributed by atoms with Crippen molar-refractivity contribution < 1.29 is 4.39 Å². The summed E-state index contributed by atoms with van der Waals surface area (Å²) in [6, 6.07) is 0. The van der Waals surface area contributed by atoms with Crippen LogP contribution in [0.15, 0.2) is 73.3 Å². The van der Waals surface area contributed by atoms with Gasteiger partial charge in [-0.3, -0.25) is 0 Å². The Bertz CT molecular complexity index is 332. The molecule has 2 heteroatoms. The van der Waals surface area contributed by atoms with Crippen molar-refractivity contribution >= 4 is 0 Å². The third kappa shape index (κ3) is 4.26. The molecule has 2 N–H and O–H groups in total. The van der Waals surface area contributed by atoms with E-state index in [4.69, 9.17) is 5.73 Å². The maximum absolute atomic E-state index is 12.5. The molecule has 0 saturated carbocycles. The van der Waals surface area contributed by atoms with Crippen LogP contribution in [0.1, 0.15) is 0 Å². The van der Waals surface area contributed by atoms with Crippen LogP contribution in [0.4, 0.5) is 4.39 Å². The first-order valence-corrected chi connectivity index (χ1v) is 3.98. The Labute approximate surface area is 84.1 Å². The highest BCUT2D eigenvalue weighted by atomic mass is 19.1. The summed E-state index contributed by atoms with van der Waals surface area (Å²) in [5.74, 6) is -0.674. The first-order chi connectivity index (χ1) is 6.49. The first-order valence-electron chi connectivity index (χ1n) is 3.98. The average Bonchev–Trinajstić information content (AvgIpc) is 2.13. The van der Waals surface area contributed by atoms with E-state index < -0.39 is 5.83 Å². The summed E-state index contributed by atoms with van der Waals surface area (Å²) in [5, 5.41) is 0. The van der Waals surface area contributed by atoms with Crippen molar-refractivity contribution in [3.05, 3.63) is 73.3 Å². The molecular formula is C12H14FN. The Balaban J connectivity index is 4.57. The Morgan fingerprint density at radius 3 is 2.14 bits per heavy atom. The van der Waals surface area contributed by atoms with Gasteiger partial charge in [-0.05, 0) is 17.2 Å². The van der Waals surface area contributed by atoms with E-state index in [1.54, 1.807) is 18.2 Å².